The maximum Gasteiger partial charge on any atom is 0.119 e. The SMILES string of the molecule is CC(C)CCOc1cccc(CNCCC2=CCCCC2)c1. The zero-order valence-corrected chi connectivity index (χ0v) is 14.2. The number of benzene rings is 1. The van der Waals surface area contributed by atoms with E-state index in [1.54, 1.807) is 5.57 Å². The van der Waals surface area contributed by atoms with Crippen LogP contribution in [0.1, 0.15) is 57.9 Å². The molecule has 0 radical (unpaired) electrons. The largest absolute Gasteiger partial charge is 0.494 e. The van der Waals surface area contributed by atoms with Gasteiger partial charge in [-0.25, -0.2) is 0 Å². The van der Waals surface area contributed by atoms with E-state index in [1.165, 1.54) is 37.7 Å². The fourth-order valence-corrected chi connectivity index (χ4v) is 2.77. The minimum absolute atomic E-state index is 0.693. The lowest BCUT2D eigenvalue weighted by molar-refractivity contribution is 0.289. The monoisotopic (exact) mass is 301 g/mol. The normalized spacial score (nSPS) is 15.0. The summed E-state index contributed by atoms with van der Waals surface area (Å²) in [5.41, 5.74) is 2.95. The first-order valence-corrected chi connectivity index (χ1v) is 8.84. The highest BCUT2D eigenvalue weighted by molar-refractivity contribution is 5.28. The van der Waals surface area contributed by atoms with Crippen LogP contribution in [-0.4, -0.2) is 13.2 Å². The van der Waals surface area contributed by atoms with Gasteiger partial charge in [-0.2, -0.15) is 0 Å². The molecule has 2 rings (SSSR count). The average Bonchev–Trinajstić information content (AvgIpc) is 2.53. The first-order chi connectivity index (χ1) is 10.7. The van der Waals surface area contributed by atoms with E-state index >= 15 is 0 Å². The summed E-state index contributed by atoms with van der Waals surface area (Å²) in [4.78, 5) is 0. The fraction of sp³-hybridized carbons (Fsp3) is 0.600. The fourth-order valence-electron chi connectivity index (χ4n) is 2.77. The molecule has 2 nitrogen and oxygen atoms in total. The average molecular weight is 301 g/mol. The zero-order chi connectivity index (χ0) is 15.6. The van der Waals surface area contributed by atoms with Crippen LogP contribution in [0.4, 0.5) is 0 Å². The van der Waals surface area contributed by atoms with Crippen LogP contribution in [0.3, 0.4) is 0 Å². The van der Waals surface area contributed by atoms with Gasteiger partial charge in [-0.05, 0) is 68.7 Å². The Bertz CT molecular complexity index is 465. The summed E-state index contributed by atoms with van der Waals surface area (Å²) < 4.78 is 5.82. The molecule has 0 spiro atoms. The molecule has 1 N–H and O–H groups in total. The topological polar surface area (TPSA) is 21.3 Å². The van der Waals surface area contributed by atoms with Gasteiger partial charge < -0.3 is 10.1 Å². The summed E-state index contributed by atoms with van der Waals surface area (Å²) in [6, 6.07) is 8.47. The van der Waals surface area contributed by atoms with E-state index in [4.69, 9.17) is 4.74 Å². The summed E-state index contributed by atoms with van der Waals surface area (Å²) in [7, 11) is 0. The van der Waals surface area contributed by atoms with Crippen molar-refractivity contribution >= 4 is 0 Å². The third-order valence-corrected chi connectivity index (χ3v) is 4.20. The predicted octanol–water partition coefficient (Wildman–Crippen LogP) is 5.09. The Balaban J connectivity index is 1.67. The number of rotatable bonds is 9. The van der Waals surface area contributed by atoms with Crippen LogP contribution in [-0.2, 0) is 6.54 Å². The maximum absolute atomic E-state index is 5.82. The summed E-state index contributed by atoms with van der Waals surface area (Å²) in [5.74, 6) is 1.69. The smallest absolute Gasteiger partial charge is 0.119 e. The highest BCUT2D eigenvalue weighted by Crippen LogP contribution is 2.19. The molecule has 0 aromatic heterocycles. The van der Waals surface area contributed by atoms with E-state index in [0.29, 0.717) is 5.92 Å². The van der Waals surface area contributed by atoms with Gasteiger partial charge in [0.15, 0.2) is 0 Å². The van der Waals surface area contributed by atoms with Crippen molar-refractivity contribution in [1.82, 2.24) is 5.32 Å². The van der Waals surface area contributed by atoms with E-state index in [9.17, 15) is 0 Å². The van der Waals surface area contributed by atoms with Crippen LogP contribution >= 0.6 is 0 Å². The molecule has 2 heteroatoms. The van der Waals surface area contributed by atoms with Gasteiger partial charge in [0.2, 0.25) is 0 Å². The molecular formula is C20H31NO. The molecule has 0 saturated heterocycles. The van der Waals surface area contributed by atoms with Gasteiger partial charge in [0, 0.05) is 6.54 Å². The van der Waals surface area contributed by atoms with Crippen LogP contribution < -0.4 is 10.1 Å². The van der Waals surface area contributed by atoms with Crippen molar-refractivity contribution in [2.45, 2.75) is 58.9 Å². The molecule has 1 aliphatic rings. The maximum atomic E-state index is 5.82. The zero-order valence-electron chi connectivity index (χ0n) is 14.2. The molecule has 0 atom stereocenters. The number of hydrogen-bond donors (Lipinski definition) is 1. The quantitative estimate of drug-likeness (QED) is 0.506. The lowest BCUT2D eigenvalue weighted by Crippen LogP contribution is -2.15. The van der Waals surface area contributed by atoms with Crippen molar-refractivity contribution in [3.05, 3.63) is 41.5 Å². The number of ether oxygens (including phenoxy) is 1. The van der Waals surface area contributed by atoms with Gasteiger partial charge in [-0.15, -0.1) is 0 Å². The van der Waals surface area contributed by atoms with E-state index in [1.807, 2.05) is 0 Å². The summed E-state index contributed by atoms with van der Waals surface area (Å²) >= 11 is 0. The summed E-state index contributed by atoms with van der Waals surface area (Å²) in [6.07, 6.45) is 10.1. The predicted molar refractivity (Wildman–Crippen MR) is 94.3 cm³/mol. The Labute approximate surface area is 136 Å². The van der Waals surface area contributed by atoms with Crippen molar-refractivity contribution in [1.29, 1.82) is 0 Å². The Kier molecular flexibility index (Phi) is 7.51. The Morgan fingerprint density at radius 2 is 2.14 bits per heavy atom. The van der Waals surface area contributed by atoms with Crippen molar-refractivity contribution in [3.63, 3.8) is 0 Å². The minimum atomic E-state index is 0.693. The molecule has 0 fully saturated rings. The lowest BCUT2D eigenvalue weighted by atomic mass is 9.97. The van der Waals surface area contributed by atoms with Gasteiger partial charge >= 0.3 is 0 Å². The van der Waals surface area contributed by atoms with E-state index in [0.717, 1.165) is 31.9 Å². The molecule has 22 heavy (non-hydrogen) atoms. The molecule has 122 valence electrons. The first-order valence-electron chi connectivity index (χ1n) is 8.84. The van der Waals surface area contributed by atoms with Crippen LogP contribution in [0, 0.1) is 5.92 Å². The molecule has 0 bridgehead atoms. The lowest BCUT2D eigenvalue weighted by Gasteiger charge is -2.13. The Morgan fingerprint density at radius 1 is 1.23 bits per heavy atom. The molecule has 0 aliphatic heterocycles. The van der Waals surface area contributed by atoms with Crippen molar-refractivity contribution in [2.75, 3.05) is 13.2 Å². The standard InChI is InChI=1S/C20H31NO/c1-17(2)12-14-22-20-10-6-9-19(15-20)16-21-13-11-18-7-4-3-5-8-18/h6-7,9-10,15,17,21H,3-5,8,11-14,16H2,1-2H3. The highest BCUT2D eigenvalue weighted by atomic mass is 16.5. The minimum Gasteiger partial charge on any atom is -0.494 e. The van der Waals surface area contributed by atoms with Gasteiger partial charge in [0.25, 0.3) is 0 Å². The van der Waals surface area contributed by atoms with Gasteiger partial charge in [0.05, 0.1) is 6.61 Å². The number of nitrogens with one attached hydrogen (secondary N) is 1. The number of allylic oxidation sites excluding steroid dienone is 1. The van der Waals surface area contributed by atoms with Gasteiger partial charge in [-0.1, -0.05) is 37.6 Å². The molecule has 1 aromatic carbocycles. The van der Waals surface area contributed by atoms with Gasteiger partial charge in [0.1, 0.15) is 5.75 Å². The van der Waals surface area contributed by atoms with Crippen LogP contribution in [0.2, 0.25) is 0 Å². The third-order valence-electron chi connectivity index (χ3n) is 4.20. The summed E-state index contributed by atoms with van der Waals surface area (Å²) in [5, 5.41) is 3.55. The van der Waals surface area contributed by atoms with Crippen molar-refractivity contribution < 1.29 is 4.74 Å². The number of hydrogen-bond acceptors (Lipinski definition) is 2. The van der Waals surface area contributed by atoms with E-state index in [2.05, 4.69) is 49.5 Å². The highest BCUT2D eigenvalue weighted by Gasteiger charge is 2.03. The molecule has 0 unspecified atom stereocenters. The molecule has 1 aliphatic carbocycles. The second-order valence-corrected chi connectivity index (χ2v) is 6.71. The molecule has 1 aromatic rings. The molecule has 0 heterocycles. The van der Waals surface area contributed by atoms with Crippen LogP contribution in [0.5, 0.6) is 5.75 Å². The second-order valence-electron chi connectivity index (χ2n) is 6.71. The third kappa shape index (κ3) is 6.65. The molecule has 0 saturated carbocycles. The summed E-state index contributed by atoms with van der Waals surface area (Å²) in [6.45, 7) is 7.26. The van der Waals surface area contributed by atoms with Crippen LogP contribution in [0.15, 0.2) is 35.9 Å². The molecular weight excluding hydrogens is 270 g/mol. The first kappa shape index (κ1) is 17.1. The Morgan fingerprint density at radius 3 is 2.91 bits per heavy atom. The van der Waals surface area contributed by atoms with Gasteiger partial charge in [-0.3, -0.25) is 0 Å². The van der Waals surface area contributed by atoms with E-state index in [-0.39, 0.29) is 0 Å². The van der Waals surface area contributed by atoms with Crippen molar-refractivity contribution in [2.24, 2.45) is 5.92 Å². The Hall–Kier alpha value is -1.28. The van der Waals surface area contributed by atoms with Crippen molar-refractivity contribution in [3.8, 4) is 5.75 Å². The molecule has 0 amide bonds. The van der Waals surface area contributed by atoms with Crippen LogP contribution in [0.25, 0.3) is 0 Å². The van der Waals surface area contributed by atoms with E-state index < -0.39 is 0 Å². The second kappa shape index (κ2) is 9.68.